The number of ether oxygens (including phenoxy) is 1. The summed E-state index contributed by atoms with van der Waals surface area (Å²) in [5.74, 6) is -1.39. The summed E-state index contributed by atoms with van der Waals surface area (Å²) >= 11 is 0. The van der Waals surface area contributed by atoms with Crippen molar-refractivity contribution in [2.45, 2.75) is 6.54 Å². The fourth-order valence-corrected chi connectivity index (χ4v) is 3.53. The van der Waals surface area contributed by atoms with Crippen molar-refractivity contribution in [1.82, 2.24) is 9.78 Å². The van der Waals surface area contributed by atoms with Gasteiger partial charge < -0.3 is 4.74 Å². The van der Waals surface area contributed by atoms with Gasteiger partial charge in [0.15, 0.2) is 12.3 Å². The second-order valence-corrected chi connectivity index (χ2v) is 7.39. The number of nitrogens with zero attached hydrogens (tertiary/aromatic N) is 4. The molecular formula is C26H20N4O4. The molecule has 0 spiro atoms. The van der Waals surface area contributed by atoms with Gasteiger partial charge in [-0.25, -0.2) is 9.48 Å². The Labute approximate surface area is 195 Å². The van der Waals surface area contributed by atoms with E-state index in [1.165, 1.54) is 9.58 Å². The van der Waals surface area contributed by atoms with Crippen molar-refractivity contribution < 1.29 is 14.3 Å². The highest BCUT2D eigenvalue weighted by Gasteiger charge is 2.21. The zero-order valence-corrected chi connectivity index (χ0v) is 18.1. The van der Waals surface area contributed by atoms with Gasteiger partial charge in [-0.15, -0.1) is 0 Å². The molecule has 0 unspecified atom stereocenters. The molecule has 0 saturated carbocycles. The first-order valence-corrected chi connectivity index (χ1v) is 10.5. The molecule has 0 bridgehead atoms. The number of anilines is 1. The summed E-state index contributed by atoms with van der Waals surface area (Å²) in [7, 11) is 0. The van der Waals surface area contributed by atoms with Crippen LogP contribution >= 0.6 is 0 Å². The number of para-hydroxylation sites is 1. The Hall–Kier alpha value is -4.77. The third-order valence-corrected chi connectivity index (χ3v) is 5.16. The van der Waals surface area contributed by atoms with Crippen molar-refractivity contribution >= 4 is 28.3 Å². The summed E-state index contributed by atoms with van der Waals surface area (Å²) in [6.07, 6.45) is 0. The van der Waals surface area contributed by atoms with Crippen molar-refractivity contribution in [3.63, 3.8) is 0 Å². The Bertz CT molecular complexity index is 1430. The minimum Gasteiger partial charge on any atom is -0.451 e. The van der Waals surface area contributed by atoms with Crippen LogP contribution in [0.1, 0.15) is 16.1 Å². The van der Waals surface area contributed by atoms with Crippen LogP contribution in [0.15, 0.2) is 89.7 Å². The molecule has 34 heavy (non-hydrogen) atoms. The highest BCUT2D eigenvalue weighted by Crippen LogP contribution is 2.16. The smallest absolute Gasteiger partial charge is 0.359 e. The van der Waals surface area contributed by atoms with Crippen LogP contribution in [0.25, 0.3) is 10.8 Å². The topological polar surface area (TPSA) is 105 Å². The van der Waals surface area contributed by atoms with Crippen LogP contribution in [0.2, 0.25) is 0 Å². The van der Waals surface area contributed by atoms with E-state index < -0.39 is 18.5 Å². The van der Waals surface area contributed by atoms with E-state index in [1.807, 2.05) is 36.4 Å². The molecular weight excluding hydrogens is 432 g/mol. The van der Waals surface area contributed by atoms with Gasteiger partial charge in [-0.3, -0.25) is 14.5 Å². The first kappa shape index (κ1) is 22.4. The predicted octanol–water partition coefficient (Wildman–Crippen LogP) is 3.16. The second kappa shape index (κ2) is 10.2. The Kier molecular flexibility index (Phi) is 6.75. The fourth-order valence-electron chi connectivity index (χ4n) is 3.53. The molecule has 0 atom stereocenters. The molecule has 1 amide bonds. The molecule has 168 valence electrons. The van der Waals surface area contributed by atoms with Crippen LogP contribution in [-0.2, 0) is 16.1 Å². The first-order valence-electron chi connectivity index (χ1n) is 10.5. The highest BCUT2D eigenvalue weighted by molar-refractivity contribution is 6.03. The van der Waals surface area contributed by atoms with Gasteiger partial charge >= 0.3 is 5.97 Å². The summed E-state index contributed by atoms with van der Waals surface area (Å²) in [4.78, 5) is 39.9. The molecule has 4 aromatic rings. The van der Waals surface area contributed by atoms with Gasteiger partial charge in [0, 0.05) is 11.1 Å². The lowest BCUT2D eigenvalue weighted by Crippen LogP contribution is -2.35. The zero-order valence-electron chi connectivity index (χ0n) is 18.1. The van der Waals surface area contributed by atoms with E-state index in [0.29, 0.717) is 16.5 Å². The first-order chi connectivity index (χ1) is 16.6. The fraction of sp³-hybridized carbons (Fsp3) is 0.115. The average molecular weight is 452 g/mol. The number of amides is 1. The number of esters is 1. The van der Waals surface area contributed by atoms with E-state index in [0.717, 1.165) is 5.56 Å². The maximum absolute atomic E-state index is 13.0. The number of aromatic nitrogens is 2. The monoisotopic (exact) mass is 452 g/mol. The van der Waals surface area contributed by atoms with Gasteiger partial charge in [-0.05, 0) is 23.8 Å². The summed E-state index contributed by atoms with van der Waals surface area (Å²) in [6, 6.07) is 26.5. The van der Waals surface area contributed by atoms with Gasteiger partial charge in [0.05, 0.1) is 18.0 Å². The molecule has 0 aliphatic carbocycles. The molecule has 8 nitrogen and oxygen atoms in total. The lowest BCUT2D eigenvalue weighted by Gasteiger charge is -2.19. The number of hydrogen-bond acceptors (Lipinski definition) is 6. The highest BCUT2D eigenvalue weighted by atomic mass is 16.5. The van der Waals surface area contributed by atoms with Crippen molar-refractivity contribution in [1.29, 1.82) is 5.26 Å². The number of carbonyl (C=O) groups is 2. The normalized spacial score (nSPS) is 10.4. The van der Waals surface area contributed by atoms with Gasteiger partial charge in [-0.2, -0.15) is 10.4 Å². The van der Waals surface area contributed by atoms with E-state index in [2.05, 4.69) is 5.10 Å². The Morgan fingerprint density at radius 3 is 2.21 bits per heavy atom. The van der Waals surface area contributed by atoms with Crippen molar-refractivity contribution in [2.75, 3.05) is 18.1 Å². The van der Waals surface area contributed by atoms with Crippen LogP contribution < -0.4 is 10.5 Å². The predicted molar refractivity (Wildman–Crippen MR) is 126 cm³/mol. The summed E-state index contributed by atoms with van der Waals surface area (Å²) < 4.78 is 6.48. The number of rotatable bonds is 7. The quantitative estimate of drug-likeness (QED) is 0.315. The van der Waals surface area contributed by atoms with Crippen LogP contribution in [0.3, 0.4) is 0 Å². The van der Waals surface area contributed by atoms with Crippen LogP contribution in [0.4, 0.5) is 5.69 Å². The Morgan fingerprint density at radius 1 is 0.912 bits per heavy atom. The molecule has 3 aromatic carbocycles. The van der Waals surface area contributed by atoms with Gasteiger partial charge in [-0.1, -0.05) is 66.7 Å². The maximum atomic E-state index is 13.0. The van der Waals surface area contributed by atoms with E-state index in [9.17, 15) is 14.4 Å². The minimum absolute atomic E-state index is 0.0644. The minimum atomic E-state index is -0.837. The van der Waals surface area contributed by atoms with E-state index in [1.54, 1.807) is 54.6 Å². The van der Waals surface area contributed by atoms with Gasteiger partial charge in [0.1, 0.15) is 6.54 Å². The third kappa shape index (κ3) is 4.84. The third-order valence-electron chi connectivity index (χ3n) is 5.16. The molecule has 8 heteroatoms. The zero-order chi connectivity index (χ0) is 23.9. The van der Waals surface area contributed by atoms with E-state index >= 15 is 0 Å². The molecule has 1 aromatic heterocycles. The van der Waals surface area contributed by atoms with Gasteiger partial charge in [0.2, 0.25) is 0 Å². The second-order valence-electron chi connectivity index (χ2n) is 7.39. The standard InChI is InChI=1S/C26H20N4O4/c27-15-16-29(20-11-5-2-6-12-20)23(31)18-34-26(33)24-21-13-7-8-14-22(21)25(32)30(28-24)17-19-9-3-1-4-10-19/h1-14H,16-18H2. The number of carbonyl (C=O) groups excluding carboxylic acids is 2. The largest absolute Gasteiger partial charge is 0.451 e. The number of benzene rings is 3. The number of nitriles is 1. The lowest BCUT2D eigenvalue weighted by molar-refractivity contribution is -0.121. The van der Waals surface area contributed by atoms with Gasteiger partial charge in [0.25, 0.3) is 11.5 Å². The molecule has 0 saturated heterocycles. The van der Waals surface area contributed by atoms with Crippen LogP contribution in [-0.4, -0.2) is 34.8 Å². The summed E-state index contributed by atoms with van der Waals surface area (Å²) in [6.45, 7) is -0.597. The molecule has 0 fully saturated rings. The average Bonchev–Trinajstić information content (AvgIpc) is 2.88. The SMILES string of the molecule is N#CCN(C(=O)COC(=O)c1nn(Cc2ccccc2)c(=O)c2ccccc12)c1ccccc1. The molecule has 0 aliphatic rings. The molecule has 0 N–H and O–H groups in total. The van der Waals surface area contributed by atoms with E-state index in [-0.39, 0.29) is 24.3 Å². The molecule has 0 aliphatic heterocycles. The molecule has 1 heterocycles. The summed E-state index contributed by atoms with van der Waals surface area (Å²) in [5.41, 5.74) is 0.962. The maximum Gasteiger partial charge on any atom is 0.359 e. The lowest BCUT2D eigenvalue weighted by atomic mass is 10.1. The Balaban J connectivity index is 1.61. The van der Waals surface area contributed by atoms with Crippen molar-refractivity contribution in [2.24, 2.45) is 0 Å². The van der Waals surface area contributed by atoms with E-state index in [4.69, 9.17) is 10.00 Å². The number of hydrogen-bond donors (Lipinski definition) is 0. The van der Waals surface area contributed by atoms with Crippen molar-refractivity contribution in [3.05, 3.63) is 107 Å². The van der Waals surface area contributed by atoms with Crippen LogP contribution in [0.5, 0.6) is 0 Å². The van der Waals surface area contributed by atoms with Crippen molar-refractivity contribution in [3.8, 4) is 6.07 Å². The Morgan fingerprint density at radius 2 is 1.53 bits per heavy atom. The molecule has 0 radical (unpaired) electrons. The molecule has 4 rings (SSSR count). The summed E-state index contributed by atoms with van der Waals surface area (Å²) in [5, 5.41) is 14.0. The van der Waals surface area contributed by atoms with Crippen LogP contribution in [0, 0.1) is 11.3 Å². The number of fused-ring (bicyclic) bond motifs is 1.